The number of ketones is 1. The van der Waals surface area contributed by atoms with Crippen LogP contribution in [0.1, 0.15) is 29.6 Å². The lowest BCUT2D eigenvalue weighted by atomic mass is 9.86. The molecular formula is C16H19ClNO3-. The highest BCUT2D eigenvalue weighted by Gasteiger charge is 2.36. The average molecular weight is 309 g/mol. The van der Waals surface area contributed by atoms with E-state index >= 15 is 0 Å². The van der Waals surface area contributed by atoms with Crippen molar-refractivity contribution in [3.05, 3.63) is 35.9 Å². The molecule has 0 spiro atoms. The molecule has 0 saturated carbocycles. The summed E-state index contributed by atoms with van der Waals surface area (Å²) in [5, 5.41) is 0. The molecule has 3 saturated heterocycles. The molecule has 5 heteroatoms. The number of nitrogens with zero attached hydrogens (tertiary/aromatic N) is 1. The molecule has 114 valence electrons. The number of carbonyl (C=O) groups is 2. The molecule has 4 rings (SSSR count). The highest BCUT2D eigenvalue weighted by Crippen LogP contribution is 2.29. The maximum atomic E-state index is 11.9. The van der Waals surface area contributed by atoms with Crippen molar-refractivity contribution in [3.63, 3.8) is 0 Å². The second kappa shape index (κ2) is 7.05. The normalized spacial score (nSPS) is 26.8. The number of carbonyl (C=O) groups excluding carboxylic acids is 2. The fourth-order valence-corrected chi connectivity index (χ4v) is 3.11. The molecule has 0 radical (unpaired) electrons. The first-order valence-electron chi connectivity index (χ1n) is 7.22. The van der Waals surface area contributed by atoms with Crippen LogP contribution < -0.4 is 12.4 Å². The predicted molar refractivity (Wildman–Crippen MR) is 74.4 cm³/mol. The first kappa shape index (κ1) is 16.0. The first-order chi connectivity index (χ1) is 9.72. The van der Waals surface area contributed by atoms with Crippen molar-refractivity contribution < 1.29 is 26.7 Å². The van der Waals surface area contributed by atoms with E-state index in [4.69, 9.17) is 4.74 Å². The monoisotopic (exact) mass is 308 g/mol. The summed E-state index contributed by atoms with van der Waals surface area (Å²) in [4.78, 5) is 26.2. The average Bonchev–Trinajstić information content (AvgIpc) is 2.49. The molecule has 1 atom stereocenters. The maximum Gasteiger partial charge on any atom is 0.314 e. The van der Waals surface area contributed by atoms with Gasteiger partial charge in [0, 0.05) is 12.1 Å². The summed E-state index contributed by atoms with van der Waals surface area (Å²) in [5.74, 6) is -0.0785. The number of esters is 1. The lowest BCUT2D eigenvalue weighted by molar-refractivity contribution is -0.157. The summed E-state index contributed by atoms with van der Waals surface area (Å²) in [5.41, 5.74) is 0.568. The van der Waals surface area contributed by atoms with Gasteiger partial charge in [0.25, 0.3) is 0 Å². The van der Waals surface area contributed by atoms with Crippen molar-refractivity contribution in [2.24, 2.45) is 5.92 Å². The lowest BCUT2D eigenvalue weighted by Crippen LogP contribution is -3.00. The number of fused-ring (bicyclic) bond motifs is 3. The largest absolute Gasteiger partial charge is 1.00 e. The SMILES string of the molecule is O=C(CC(=O)c1ccccc1)OC1CN2CCC1CC2.[Cl-]. The number of benzene rings is 1. The summed E-state index contributed by atoms with van der Waals surface area (Å²) in [7, 11) is 0. The molecular weight excluding hydrogens is 290 g/mol. The number of hydrogen-bond donors (Lipinski definition) is 0. The molecule has 21 heavy (non-hydrogen) atoms. The summed E-state index contributed by atoms with van der Waals surface area (Å²) >= 11 is 0. The number of halogens is 1. The van der Waals surface area contributed by atoms with Gasteiger partial charge in [0.2, 0.25) is 0 Å². The topological polar surface area (TPSA) is 46.6 Å². The van der Waals surface area contributed by atoms with E-state index < -0.39 is 5.97 Å². The molecule has 1 aromatic carbocycles. The Kier molecular flexibility index (Phi) is 5.37. The van der Waals surface area contributed by atoms with E-state index in [9.17, 15) is 9.59 Å². The number of ether oxygens (including phenoxy) is 1. The van der Waals surface area contributed by atoms with Gasteiger partial charge in [0.15, 0.2) is 5.78 Å². The molecule has 0 aliphatic carbocycles. The van der Waals surface area contributed by atoms with Crippen molar-refractivity contribution in [2.45, 2.75) is 25.4 Å². The number of hydrogen-bond acceptors (Lipinski definition) is 4. The Labute approximate surface area is 130 Å². The van der Waals surface area contributed by atoms with Gasteiger partial charge in [-0.25, -0.2) is 0 Å². The molecule has 3 fully saturated rings. The number of piperidine rings is 3. The van der Waals surface area contributed by atoms with E-state index in [-0.39, 0.29) is 30.7 Å². The second-order valence-electron chi connectivity index (χ2n) is 5.63. The van der Waals surface area contributed by atoms with Gasteiger partial charge in [0.1, 0.15) is 12.5 Å². The van der Waals surface area contributed by atoms with Crippen LogP contribution in [0.25, 0.3) is 0 Å². The van der Waals surface area contributed by atoms with E-state index in [2.05, 4.69) is 4.90 Å². The summed E-state index contributed by atoms with van der Waals surface area (Å²) in [6.07, 6.45) is 2.02. The third-order valence-electron chi connectivity index (χ3n) is 4.28. The van der Waals surface area contributed by atoms with E-state index in [1.807, 2.05) is 6.07 Å². The van der Waals surface area contributed by atoms with Crippen LogP contribution in [0.3, 0.4) is 0 Å². The smallest absolute Gasteiger partial charge is 0.314 e. The first-order valence-corrected chi connectivity index (χ1v) is 7.22. The van der Waals surface area contributed by atoms with Crippen LogP contribution in [-0.2, 0) is 9.53 Å². The van der Waals surface area contributed by atoms with Crippen molar-refractivity contribution in [1.29, 1.82) is 0 Å². The highest BCUT2D eigenvalue weighted by molar-refractivity contribution is 6.05. The Hall–Kier alpha value is -1.39. The van der Waals surface area contributed by atoms with Crippen molar-refractivity contribution in [2.75, 3.05) is 19.6 Å². The van der Waals surface area contributed by atoms with Crippen LogP contribution in [0, 0.1) is 5.92 Å². The molecule has 3 aliphatic heterocycles. The second-order valence-corrected chi connectivity index (χ2v) is 5.63. The summed E-state index contributed by atoms with van der Waals surface area (Å²) in [6.45, 7) is 3.05. The molecule has 0 aromatic heterocycles. The summed E-state index contributed by atoms with van der Waals surface area (Å²) in [6, 6.07) is 8.90. The quantitative estimate of drug-likeness (QED) is 0.402. The molecule has 0 N–H and O–H groups in total. The van der Waals surface area contributed by atoms with Crippen LogP contribution in [0.4, 0.5) is 0 Å². The number of Topliss-reactive ketones (excluding diaryl/α,β-unsaturated/α-hetero) is 1. The van der Waals surface area contributed by atoms with Crippen molar-refractivity contribution in [1.82, 2.24) is 4.90 Å². The van der Waals surface area contributed by atoms with Gasteiger partial charge in [0.05, 0.1) is 0 Å². The Morgan fingerprint density at radius 2 is 1.81 bits per heavy atom. The minimum Gasteiger partial charge on any atom is -1.00 e. The van der Waals surface area contributed by atoms with Crippen LogP contribution in [0.15, 0.2) is 30.3 Å². The van der Waals surface area contributed by atoms with Gasteiger partial charge in [-0.15, -0.1) is 0 Å². The van der Waals surface area contributed by atoms with E-state index in [1.165, 1.54) is 0 Å². The van der Waals surface area contributed by atoms with E-state index in [0.29, 0.717) is 11.5 Å². The number of rotatable bonds is 4. The standard InChI is InChI=1S/C16H19NO3.ClH/c18-14(12-4-2-1-3-5-12)10-16(19)20-15-11-17-8-6-13(15)7-9-17;/h1-5,13,15H,6-11H2;1H/p-1. The summed E-state index contributed by atoms with van der Waals surface area (Å²) < 4.78 is 5.52. The van der Waals surface area contributed by atoms with E-state index in [0.717, 1.165) is 32.5 Å². The molecule has 4 nitrogen and oxygen atoms in total. The fourth-order valence-electron chi connectivity index (χ4n) is 3.11. The Balaban J connectivity index is 0.00000161. The molecule has 1 unspecified atom stereocenters. The minimum atomic E-state index is -0.391. The lowest BCUT2D eigenvalue weighted by Gasteiger charge is -2.43. The van der Waals surface area contributed by atoms with Crippen molar-refractivity contribution >= 4 is 11.8 Å². The van der Waals surface area contributed by atoms with Gasteiger partial charge in [-0.05, 0) is 31.8 Å². The Morgan fingerprint density at radius 3 is 2.38 bits per heavy atom. The minimum absolute atomic E-state index is 0. The molecule has 3 aliphatic rings. The Morgan fingerprint density at radius 1 is 1.14 bits per heavy atom. The molecule has 0 amide bonds. The fraction of sp³-hybridized carbons (Fsp3) is 0.500. The molecule has 3 heterocycles. The van der Waals surface area contributed by atoms with Crippen LogP contribution >= 0.6 is 0 Å². The zero-order valence-electron chi connectivity index (χ0n) is 11.8. The van der Waals surface area contributed by atoms with Crippen LogP contribution in [-0.4, -0.2) is 42.4 Å². The molecule has 1 aromatic rings. The van der Waals surface area contributed by atoms with Crippen LogP contribution in [0.2, 0.25) is 0 Å². The predicted octanol–water partition coefficient (Wildman–Crippen LogP) is -1.10. The highest BCUT2D eigenvalue weighted by atomic mass is 35.5. The van der Waals surface area contributed by atoms with Gasteiger partial charge in [-0.1, -0.05) is 30.3 Å². The van der Waals surface area contributed by atoms with Gasteiger partial charge >= 0.3 is 5.97 Å². The van der Waals surface area contributed by atoms with Crippen molar-refractivity contribution in [3.8, 4) is 0 Å². The third kappa shape index (κ3) is 3.83. The maximum absolute atomic E-state index is 11.9. The Bertz CT molecular complexity index is 498. The molecule has 2 bridgehead atoms. The third-order valence-corrected chi connectivity index (χ3v) is 4.28. The van der Waals surface area contributed by atoms with E-state index in [1.54, 1.807) is 24.3 Å². The zero-order valence-corrected chi connectivity index (χ0v) is 12.6. The van der Waals surface area contributed by atoms with Gasteiger partial charge in [-0.3, -0.25) is 14.5 Å². The van der Waals surface area contributed by atoms with Gasteiger partial charge < -0.3 is 17.1 Å². The van der Waals surface area contributed by atoms with Crippen LogP contribution in [0.5, 0.6) is 0 Å². The van der Waals surface area contributed by atoms with Gasteiger partial charge in [-0.2, -0.15) is 0 Å². The zero-order chi connectivity index (χ0) is 13.9.